The van der Waals surface area contributed by atoms with E-state index in [-0.39, 0.29) is 23.6 Å². The lowest BCUT2D eigenvalue weighted by atomic mass is 10.1. The van der Waals surface area contributed by atoms with Crippen molar-refractivity contribution >= 4 is 16.9 Å². The minimum absolute atomic E-state index is 0.140. The van der Waals surface area contributed by atoms with Gasteiger partial charge in [-0.2, -0.15) is 5.26 Å². The summed E-state index contributed by atoms with van der Waals surface area (Å²) in [5.74, 6) is 0.0194. The van der Waals surface area contributed by atoms with E-state index in [4.69, 9.17) is 10.00 Å². The molecule has 8 heteroatoms. The zero-order chi connectivity index (χ0) is 18.6. The molecular weight excluding hydrogens is 344 g/mol. The third-order valence-electron chi connectivity index (χ3n) is 4.38. The van der Waals surface area contributed by atoms with Gasteiger partial charge in [0.15, 0.2) is 0 Å². The van der Waals surface area contributed by atoms with Gasteiger partial charge in [-0.3, -0.25) is 9.78 Å². The number of amides is 1. The Morgan fingerprint density at radius 3 is 2.85 bits per heavy atom. The van der Waals surface area contributed by atoms with E-state index < -0.39 is 0 Å². The summed E-state index contributed by atoms with van der Waals surface area (Å²) in [4.78, 5) is 31.3. The van der Waals surface area contributed by atoms with E-state index in [1.807, 2.05) is 30.3 Å². The largest absolute Gasteiger partial charge is 0.470 e. The van der Waals surface area contributed by atoms with Crippen molar-refractivity contribution in [2.24, 2.45) is 0 Å². The molecule has 1 atom stereocenters. The number of aromatic nitrogens is 4. The van der Waals surface area contributed by atoms with Crippen LogP contribution < -0.4 is 4.74 Å². The van der Waals surface area contributed by atoms with Crippen molar-refractivity contribution in [3.8, 4) is 11.9 Å². The third-order valence-corrected chi connectivity index (χ3v) is 4.38. The van der Waals surface area contributed by atoms with E-state index >= 15 is 0 Å². The summed E-state index contributed by atoms with van der Waals surface area (Å²) in [5.41, 5.74) is 1.89. The number of hydrogen-bond donors (Lipinski definition) is 0. The average Bonchev–Trinajstić information content (AvgIpc) is 2.73. The van der Waals surface area contributed by atoms with Gasteiger partial charge in [0.25, 0.3) is 11.8 Å². The lowest BCUT2D eigenvalue weighted by molar-refractivity contribution is 0.0521. The van der Waals surface area contributed by atoms with Crippen molar-refractivity contribution in [1.29, 1.82) is 5.26 Å². The van der Waals surface area contributed by atoms with Gasteiger partial charge in [0, 0.05) is 18.9 Å². The normalized spacial score (nSPS) is 16.7. The van der Waals surface area contributed by atoms with E-state index in [2.05, 4.69) is 19.9 Å². The van der Waals surface area contributed by atoms with Crippen molar-refractivity contribution in [3.63, 3.8) is 0 Å². The molecule has 0 radical (unpaired) electrons. The molecule has 1 saturated heterocycles. The molecule has 3 aromatic rings. The molecule has 2 aromatic heterocycles. The first-order valence-corrected chi connectivity index (χ1v) is 8.63. The van der Waals surface area contributed by atoms with Crippen LogP contribution >= 0.6 is 0 Å². The molecule has 4 rings (SSSR count). The highest BCUT2D eigenvalue weighted by Gasteiger charge is 2.27. The number of fused-ring (bicyclic) bond motifs is 1. The van der Waals surface area contributed by atoms with E-state index in [1.165, 1.54) is 18.6 Å². The Kier molecular flexibility index (Phi) is 4.58. The number of rotatable bonds is 3. The fourth-order valence-electron chi connectivity index (χ4n) is 3.09. The second kappa shape index (κ2) is 7.33. The summed E-state index contributed by atoms with van der Waals surface area (Å²) in [5, 5.41) is 9.11. The molecular formula is C19H16N6O2. The lowest BCUT2D eigenvalue weighted by Gasteiger charge is -2.32. The molecule has 1 aromatic carbocycles. The SMILES string of the molecule is N#Cc1nccnc1O[C@@H]1CCCN(C(=O)c2cnc3ccccc3n2)C1. The molecule has 1 aliphatic heterocycles. The zero-order valence-electron chi connectivity index (χ0n) is 14.4. The van der Waals surface area contributed by atoms with Crippen LogP contribution in [0.4, 0.5) is 0 Å². The van der Waals surface area contributed by atoms with Crippen LogP contribution in [0.25, 0.3) is 11.0 Å². The Morgan fingerprint density at radius 1 is 1.19 bits per heavy atom. The molecule has 1 amide bonds. The second-order valence-electron chi connectivity index (χ2n) is 6.20. The van der Waals surface area contributed by atoms with Gasteiger partial charge in [-0.05, 0) is 25.0 Å². The van der Waals surface area contributed by atoms with Crippen LogP contribution in [0.15, 0.2) is 42.9 Å². The highest BCUT2D eigenvalue weighted by atomic mass is 16.5. The van der Waals surface area contributed by atoms with Gasteiger partial charge in [0.05, 0.1) is 23.8 Å². The third kappa shape index (κ3) is 3.53. The van der Waals surface area contributed by atoms with Crippen molar-refractivity contribution in [1.82, 2.24) is 24.8 Å². The number of carbonyl (C=O) groups is 1. The highest BCUT2D eigenvalue weighted by molar-refractivity contribution is 5.93. The molecule has 0 spiro atoms. The van der Waals surface area contributed by atoms with Crippen LogP contribution in [0.1, 0.15) is 29.0 Å². The van der Waals surface area contributed by atoms with Gasteiger partial charge in [0.1, 0.15) is 17.9 Å². The number of ether oxygens (including phenoxy) is 1. The van der Waals surface area contributed by atoms with E-state index in [1.54, 1.807) is 4.90 Å². The number of para-hydroxylation sites is 2. The fourth-order valence-corrected chi connectivity index (χ4v) is 3.09. The van der Waals surface area contributed by atoms with E-state index in [0.717, 1.165) is 18.4 Å². The Labute approximate surface area is 155 Å². The Morgan fingerprint density at radius 2 is 2.00 bits per heavy atom. The molecule has 0 aliphatic carbocycles. The second-order valence-corrected chi connectivity index (χ2v) is 6.20. The van der Waals surface area contributed by atoms with Gasteiger partial charge in [-0.15, -0.1) is 0 Å². The lowest BCUT2D eigenvalue weighted by Crippen LogP contribution is -2.44. The van der Waals surface area contributed by atoms with E-state index in [0.29, 0.717) is 24.3 Å². The standard InChI is InChI=1S/C19H16N6O2/c20-10-16-18(22-8-7-21-16)27-13-4-3-9-25(12-13)19(26)17-11-23-14-5-1-2-6-15(14)24-17/h1-2,5-8,11,13H,3-4,9,12H2/t13-/m1/s1. The molecule has 1 aliphatic rings. The number of likely N-dealkylation sites (tertiary alicyclic amines) is 1. The maximum atomic E-state index is 12.9. The van der Waals surface area contributed by atoms with Gasteiger partial charge in [0.2, 0.25) is 5.69 Å². The first-order chi connectivity index (χ1) is 13.2. The molecule has 8 nitrogen and oxygen atoms in total. The number of carbonyl (C=O) groups excluding carboxylic acids is 1. The van der Waals surface area contributed by atoms with Crippen LogP contribution in [-0.2, 0) is 0 Å². The number of benzene rings is 1. The molecule has 0 N–H and O–H groups in total. The molecule has 27 heavy (non-hydrogen) atoms. The number of nitriles is 1. The summed E-state index contributed by atoms with van der Waals surface area (Å²) in [6.07, 6.45) is 5.74. The first-order valence-electron chi connectivity index (χ1n) is 8.63. The van der Waals surface area contributed by atoms with Crippen molar-refractivity contribution in [2.45, 2.75) is 18.9 Å². The smallest absolute Gasteiger partial charge is 0.274 e. The molecule has 134 valence electrons. The minimum atomic E-state index is -0.250. The molecule has 1 fully saturated rings. The average molecular weight is 360 g/mol. The van der Waals surface area contributed by atoms with Crippen LogP contribution in [-0.4, -0.2) is 49.9 Å². The molecule has 3 heterocycles. The van der Waals surface area contributed by atoms with Gasteiger partial charge >= 0.3 is 0 Å². The van der Waals surface area contributed by atoms with Crippen LogP contribution in [0.3, 0.4) is 0 Å². The van der Waals surface area contributed by atoms with Crippen LogP contribution in [0.2, 0.25) is 0 Å². The Balaban J connectivity index is 1.50. The highest BCUT2D eigenvalue weighted by Crippen LogP contribution is 2.20. The van der Waals surface area contributed by atoms with Gasteiger partial charge < -0.3 is 9.64 Å². The topological polar surface area (TPSA) is 105 Å². The monoisotopic (exact) mass is 360 g/mol. The fraction of sp³-hybridized carbons (Fsp3) is 0.263. The first kappa shape index (κ1) is 16.8. The van der Waals surface area contributed by atoms with Crippen molar-refractivity contribution < 1.29 is 9.53 Å². The van der Waals surface area contributed by atoms with Crippen molar-refractivity contribution in [2.75, 3.05) is 13.1 Å². The molecule has 0 saturated carbocycles. The summed E-state index contributed by atoms with van der Waals surface area (Å²) >= 11 is 0. The summed E-state index contributed by atoms with van der Waals surface area (Å²) < 4.78 is 5.84. The molecule has 0 bridgehead atoms. The van der Waals surface area contributed by atoms with Crippen LogP contribution in [0, 0.1) is 11.3 Å². The minimum Gasteiger partial charge on any atom is -0.470 e. The summed E-state index contributed by atoms with van der Waals surface area (Å²) in [6, 6.07) is 9.40. The maximum Gasteiger partial charge on any atom is 0.274 e. The van der Waals surface area contributed by atoms with E-state index in [9.17, 15) is 4.79 Å². The predicted molar refractivity (Wildman–Crippen MR) is 95.8 cm³/mol. The predicted octanol–water partition coefficient (Wildman–Crippen LogP) is 1.98. The maximum absolute atomic E-state index is 12.9. The Hall–Kier alpha value is -3.60. The number of hydrogen-bond acceptors (Lipinski definition) is 7. The summed E-state index contributed by atoms with van der Waals surface area (Å²) in [7, 11) is 0. The van der Waals surface area contributed by atoms with Crippen molar-refractivity contribution in [3.05, 3.63) is 54.2 Å². The van der Waals surface area contributed by atoms with Crippen LogP contribution in [0.5, 0.6) is 5.88 Å². The summed E-state index contributed by atoms with van der Waals surface area (Å²) in [6.45, 7) is 1.02. The van der Waals surface area contributed by atoms with Gasteiger partial charge in [-0.25, -0.2) is 15.0 Å². The quantitative estimate of drug-likeness (QED) is 0.703. The molecule has 0 unspecified atom stereocenters. The number of piperidine rings is 1. The zero-order valence-corrected chi connectivity index (χ0v) is 14.4. The Bertz CT molecular complexity index is 1030. The van der Waals surface area contributed by atoms with Gasteiger partial charge in [-0.1, -0.05) is 12.1 Å². The number of nitrogens with zero attached hydrogens (tertiary/aromatic N) is 6.